The molecule has 0 saturated carbocycles. The third-order valence-electron chi connectivity index (χ3n) is 0. The maximum absolute atomic E-state index is 0. The normalized spacial score (nSPS) is 0. The molecule has 0 fully saturated rings. The van der Waals surface area contributed by atoms with Gasteiger partial charge in [-0.3, -0.25) is 0 Å². The molecule has 0 heterocycles. The summed E-state index contributed by atoms with van der Waals surface area (Å²) in [5.74, 6) is 0. The van der Waals surface area contributed by atoms with Crippen LogP contribution in [0.4, 0.5) is 0 Å². The zero-order chi connectivity index (χ0) is 0. The first-order valence-electron chi connectivity index (χ1n) is 0. The molecule has 0 aromatic rings. The summed E-state index contributed by atoms with van der Waals surface area (Å²) >= 11 is 0. The zero-order valence-corrected chi connectivity index (χ0v) is 8.35. The molecule has 0 nitrogen and oxygen atoms in total. The topological polar surface area (TPSA) is 0 Å². The molecule has 0 aliphatic heterocycles. The Kier molecular flexibility index (Phi) is 95.5. The van der Waals surface area contributed by atoms with E-state index in [0.717, 1.165) is 0 Å². The van der Waals surface area contributed by atoms with Crippen molar-refractivity contribution in [2.75, 3.05) is 0 Å². The van der Waals surface area contributed by atoms with E-state index in [2.05, 4.69) is 0 Å². The summed E-state index contributed by atoms with van der Waals surface area (Å²) in [7, 11) is 0. The van der Waals surface area contributed by atoms with Crippen LogP contribution in [0.1, 0.15) is 0 Å². The van der Waals surface area contributed by atoms with Crippen molar-refractivity contribution in [2.45, 2.75) is 0 Å². The number of hydrogen-bond acceptors (Lipinski definition) is 0. The summed E-state index contributed by atoms with van der Waals surface area (Å²) in [6.45, 7) is 0. The van der Waals surface area contributed by atoms with Crippen LogP contribution in [0.3, 0.4) is 0 Å². The van der Waals surface area contributed by atoms with Gasteiger partial charge in [-0.25, -0.2) is 0 Å². The largest absolute Gasteiger partial charge is 0 e. The van der Waals surface area contributed by atoms with Crippen molar-refractivity contribution < 1.29 is 85.8 Å². The molecular formula is H2CaCeNbTi. The van der Waals surface area contributed by atoms with Gasteiger partial charge in [-0.05, 0) is 0 Å². The quantitative estimate of drug-likeness (QED) is 0.506. The van der Waals surface area contributed by atoms with Gasteiger partial charge in [-0.2, -0.15) is 0 Å². The molecule has 4 heavy (non-hydrogen) atoms. The fraction of sp³-hybridized carbons (Fsp3) is 0. The Balaban J connectivity index is 0. The van der Waals surface area contributed by atoms with Gasteiger partial charge in [0.2, 0.25) is 0 Å². The van der Waals surface area contributed by atoms with E-state index in [0.29, 0.717) is 0 Å². The fourth-order valence-corrected chi connectivity index (χ4v) is 0. The van der Waals surface area contributed by atoms with Crippen LogP contribution in [0.25, 0.3) is 0 Å². The summed E-state index contributed by atoms with van der Waals surface area (Å²) in [6, 6.07) is 0. The van der Waals surface area contributed by atoms with E-state index < -0.39 is 0 Å². The molecule has 0 bridgehead atoms. The van der Waals surface area contributed by atoms with Crippen molar-refractivity contribution in [2.24, 2.45) is 0 Å². The summed E-state index contributed by atoms with van der Waals surface area (Å²) in [4.78, 5) is 0. The van der Waals surface area contributed by atoms with Crippen molar-refractivity contribution in [1.82, 2.24) is 0 Å². The first-order valence-corrected chi connectivity index (χ1v) is 0. The van der Waals surface area contributed by atoms with Gasteiger partial charge in [0.1, 0.15) is 0 Å². The molecule has 0 aromatic carbocycles. The average Bonchev–Trinajstić information content (AvgIpc) is 0. The Hall–Kier alpha value is 4.09. The Morgan fingerprint density at radius 2 is 1.00 bits per heavy atom. The molecule has 1 radical (unpaired) electrons. The first kappa shape index (κ1) is 24.3. The van der Waals surface area contributed by atoms with Crippen LogP contribution in [0, 0.1) is 41.7 Å². The minimum absolute atomic E-state index is 0. The van der Waals surface area contributed by atoms with Crippen LogP contribution in [0.5, 0.6) is 0 Å². The van der Waals surface area contributed by atoms with Crippen molar-refractivity contribution in [3.8, 4) is 0 Å². The SMILES string of the molecule is [CaH2].[Ce].[Nb].[Ti]. The molecule has 0 amide bonds. The van der Waals surface area contributed by atoms with E-state index in [1.807, 2.05) is 0 Å². The summed E-state index contributed by atoms with van der Waals surface area (Å²) in [5.41, 5.74) is 0. The van der Waals surface area contributed by atoms with Gasteiger partial charge >= 0.3 is 37.7 Å². The third-order valence-corrected chi connectivity index (χ3v) is 0. The van der Waals surface area contributed by atoms with Crippen LogP contribution in [-0.4, -0.2) is 37.7 Å². The van der Waals surface area contributed by atoms with Gasteiger partial charge in [0, 0.05) is 85.8 Å². The molecule has 0 aliphatic rings. The number of hydrogen-bond donors (Lipinski definition) is 0. The van der Waals surface area contributed by atoms with Crippen molar-refractivity contribution in [3.05, 3.63) is 0 Å². The summed E-state index contributed by atoms with van der Waals surface area (Å²) in [5, 5.41) is 0. The van der Waals surface area contributed by atoms with Crippen LogP contribution >= 0.6 is 0 Å². The average molecular weight is 323 g/mol. The van der Waals surface area contributed by atoms with E-state index in [9.17, 15) is 0 Å². The molecular weight excluding hydrogens is 321 g/mol. The van der Waals surface area contributed by atoms with Gasteiger partial charge in [-0.15, -0.1) is 0 Å². The smallest absolute Gasteiger partial charge is 0 e. The van der Waals surface area contributed by atoms with E-state index in [1.54, 1.807) is 0 Å². The van der Waals surface area contributed by atoms with E-state index in [4.69, 9.17) is 0 Å². The van der Waals surface area contributed by atoms with Gasteiger partial charge in [0.15, 0.2) is 0 Å². The zero-order valence-electron chi connectivity index (χ0n) is 1.45. The second kappa shape index (κ2) is 15.7. The molecule has 0 atom stereocenters. The molecule has 0 aromatic heterocycles. The van der Waals surface area contributed by atoms with E-state index >= 15 is 0 Å². The van der Waals surface area contributed by atoms with Crippen LogP contribution in [0.15, 0.2) is 0 Å². The minimum Gasteiger partial charge on any atom is 0 e. The van der Waals surface area contributed by atoms with E-state index in [1.165, 1.54) is 0 Å². The molecule has 0 N–H and O–H groups in total. The third kappa shape index (κ3) is 9.43. The summed E-state index contributed by atoms with van der Waals surface area (Å²) < 4.78 is 0. The molecule has 4 heteroatoms. The molecule has 0 aliphatic carbocycles. The predicted octanol–water partition coefficient (Wildman–Crippen LogP) is -0.921. The van der Waals surface area contributed by atoms with E-state index in [-0.39, 0.29) is 124 Å². The summed E-state index contributed by atoms with van der Waals surface area (Å²) in [6.07, 6.45) is 0. The maximum Gasteiger partial charge on any atom is 0 e. The molecule has 0 spiro atoms. The Morgan fingerprint density at radius 1 is 1.00 bits per heavy atom. The molecule has 0 saturated heterocycles. The maximum atomic E-state index is 0. The fourth-order valence-electron chi connectivity index (χ4n) is 0. The van der Waals surface area contributed by atoms with Gasteiger partial charge < -0.3 is 0 Å². The van der Waals surface area contributed by atoms with Crippen molar-refractivity contribution >= 4 is 37.7 Å². The number of rotatable bonds is 0. The monoisotopic (exact) mass is 323 g/mol. The molecule has 17 valence electrons. The van der Waals surface area contributed by atoms with Crippen LogP contribution in [-0.2, 0) is 44.1 Å². The Labute approximate surface area is 120 Å². The second-order valence-corrected chi connectivity index (χ2v) is 0. The van der Waals surface area contributed by atoms with Gasteiger partial charge in [0.05, 0.1) is 0 Å². The minimum atomic E-state index is 0. The molecule has 0 unspecified atom stereocenters. The van der Waals surface area contributed by atoms with Crippen molar-refractivity contribution in [3.63, 3.8) is 0 Å². The molecule has 0 rings (SSSR count). The van der Waals surface area contributed by atoms with Crippen molar-refractivity contribution in [1.29, 1.82) is 0 Å². The standard InChI is InChI=1S/Ca.Ce.Nb.Ti.2H. The first-order chi connectivity index (χ1) is 0. The van der Waals surface area contributed by atoms with Gasteiger partial charge in [-0.1, -0.05) is 0 Å². The predicted molar refractivity (Wildman–Crippen MR) is 8.54 cm³/mol. The Bertz CT molecular complexity index is 8.00. The second-order valence-electron chi connectivity index (χ2n) is 0. The van der Waals surface area contributed by atoms with Gasteiger partial charge in [0.25, 0.3) is 0 Å². The van der Waals surface area contributed by atoms with Crippen LogP contribution in [0.2, 0.25) is 0 Å². The van der Waals surface area contributed by atoms with Crippen LogP contribution < -0.4 is 0 Å². The Morgan fingerprint density at radius 3 is 1.00 bits per heavy atom.